The number of tetrazole rings is 1. The number of anilines is 1. The minimum atomic E-state index is -0.386. The Kier molecular flexibility index (Phi) is 3.18. The second-order valence-corrected chi connectivity index (χ2v) is 3.80. The third kappa shape index (κ3) is 2.26. The Bertz CT molecular complexity index is 579. The highest BCUT2D eigenvalue weighted by Crippen LogP contribution is 2.21. The highest BCUT2D eigenvalue weighted by molar-refractivity contribution is 5.45. The number of nitrogens with zero attached hydrogens (tertiary/aromatic N) is 5. The summed E-state index contributed by atoms with van der Waals surface area (Å²) < 4.78 is 1.49. The monoisotopic (exact) mass is 248 g/mol. The molecule has 1 aromatic heterocycles. The summed E-state index contributed by atoms with van der Waals surface area (Å²) in [4.78, 5) is 10.4. The van der Waals surface area contributed by atoms with Crippen LogP contribution in [-0.2, 0) is 13.6 Å². The van der Waals surface area contributed by atoms with Gasteiger partial charge in [-0.3, -0.25) is 10.1 Å². The highest BCUT2D eigenvalue weighted by atomic mass is 16.6. The van der Waals surface area contributed by atoms with Gasteiger partial charge in [0.05, 0.1) is 4.92 Å². The molecule has 18 heavy (non-hydrogen) atoms. The van der Waals surface area contributed by atoms with Gasteiger partial charge in [0.1, 0.15) is 0 Å². The number of aromatic nitrogens is 4. The van der Waals surface area contributed by atoms with Crippen molar-refractivity contribution in [3.8, 4) is 0 Å². The predicted molar refractivity (Wildman–Crippen MR) is 64.0 cm³/mol. The van der Waals surface area contributed by atoms with Gasteiger partial charge in [-0.1, -0.05) is 17.2 Å². The number of hydrogen-bond donors (Lipinski definition) is 1. The van der Waals surface area contributed by atoms with Crippen molar-refractivity contribution in [1.82, 2.24) is 20.2 Å². The molecule has 1 aromatic carbocycles. The fourth-order valence-electron chi connectivity index (χ4n) is 1.61. The van der Waals surface area contributed by atoms with E-state index in [9.17, 15) is 10.1 Å². The Hall–Kier alpha value is -2.51. The molecular formula is C10H12N6O2. The quantitative estimate of drug-likeness (QED) is 0.641. The second kappa shape index (κ2) is 4.78. The SMILES string of the molecule is Cc1c(CNc2nnnn2C)cccc1[N+](=O)[O-]. The molecule has 0 saturated heterocycles. The molecule has 2 rings (SSSR count). The molecule has 0 saturated carbocycles. The van der Waals surface area contributed by atoms with Crippen LogP contribution < -0.4 is 5.32 Å². The van der Waals surface area contributed by atoms with E-state index in [4.69, 9.17) is 0 Å². The van der Waals surface area contributed by atoms with Crippen LogP contribution in [-0.4, -0.2) is 25.1 Å². The van der Waals surface area contributed by atoms with E-state index >= 15 is 0 Å². The molecule has 0 aliphatic carbocycles. The summed E-state index contributed by atoms with van der Waals surface area (Å²) in [5.74, 6) is 0.515. The summed E-state index contributed by atoms with van der Waals surface area (Å²) in [6.45, 7) is 2.16. The van der Waals surface area contributed by atoms with Crippen molar-refractivity contribution in [3.05, 3.63) is 39.4 Å². The van der Waals surface area contributed by atoms with Crippen LogP contribution in [0.4, 0.5) is 11.6 Å². The molecule has 0 radical (unpaired) electrons. The largest absolute Gasteiger partial charge is 0.349 e. The second-order valence-electron chi connectivity index (χ2n) is 3.80. The zero-order chi connectivity index (χ0) is 13.1. The zero-order valence-electron chi connectivity index (χ0n) is 9.99. The van der Waals surface area contributed by atoms with Gasteiger partial charge in [0.15, 0.2) is 0 Å². The van der Waals surface area contributed by atoms with Crippen molar-refractivity contribution in [1.29, 1.82) is 0 Å². The highest BCUT2D eigenvalue weighted by Gasteiger charge is 2.13. The first kappa shape index (κ1) is 12.0. The van der Waals surface area contributed by atoms with Crippen molar-refractivity contribution in [2.45, 2.75) is 13.5 Å². The van der Waals surface area contributed by atoms with Crippen LogP contribution in [0.15, 0.2) is 18.2 Å². The van der Waals surface area contributed by atoms with Crippen molar-refractivity contribution in [3.63, 3.8) is 0 Å². The fourth-order valence-corrected chi connectivity index (χ4v) is 1.61. The summed E-state index contributed by atoms with van der Waals surface area (Å²) in [7, 11) is 1.71. The molecule has 0 bridgehead atoms. The number of benzene rings is 1. The topological polar surface area (TPSA) is 98.8 Å². The van der Waals surface area contributed by atoms with Crippen molar-refractivity contribution in [2.75, 3.05) is 5.32 Å². The summed E-state index contributed by atoms with van der Waals surface area (Å²) in [5, 5.41) is 24.8. The van der Waals surface area contributed by atoms with Crippen molar-refractivity contribution in [2.24, 2.45) is 7.05 Å². The summed E-state index contributed by atoms with van der Waals surface area (Å²) in [5.41, 5.74) is 1.60. The van der Waals surface area contributed by atoms with Crippen LogP contribution in [0.2, 0.25) is 0 Å². The van der Waals surface area contributed by atoms with Gasteiger partial charge in [0.2, 0.25) is 5.95 Å². The molecule has 0 aliphatic rings. The maximum Gasteiger partial charge on any atom is 0.272 e. The van der Waals surface area contributed by atoms with Gasteiger partial charge in [0, 0.05) is 25.2 Å². The van der Waals surface area contributed by atoms with Crippen molar-refractivity contribution >= 4 is 11.6 Å². The Morgan fingerprint density at radius 3 is 2.89 bits per heavy atom. The maximum absolute atomic E-state index is 10.8. The molecule has 1 N–H and O–H groups in total. The molecule has 94 valence electrons. The Morgan fingerprint density at radius 1 is 1.50 bits per heavy atom. The van der Waals surface area contributed by atoms with E-state index in [-0.39, 0.29) is 10.6 Å². The van der Waals surface area contributed by atoms with E-state index in [2.05, 4.69) is 20.8 Å². The zero-order valence-corrected chi connectivity index (χ0v) is 9.99. The Labute approximate surface area is 103 Å². The number of aryl methyl sites for hydroxylation is 1. The van der Waals surface area contributed by atoms with Crippen LogP contribution in [0.1, 0.15) is 11.1 Å². The van der Waals surface area contributed by atoms with E-state index in [1.807, 2.05) is 6.07 Å². The van der Waals surface area contributed by atoms with E-state index in [0.29, 0.717) is 18.1 Å². The van der Waals surface area contributed by atoms with Crippen LogP contribution in [0.5, 0.6) is 0 Å². The molecule has 0 spiro atoms. The van der Waals surface area contributed by atoms with Gasteiger partial charge < -0.3 is 5.32 Å². The van der Waals surface area contributed by atoms with Gasteiger partial charge in [-0.2, -0.15) is 0 Å². The maximum atomic E-state index is 10.8. The average molecular weight is 248 g/mol. The Morgan fingerprint density at radius 2 is 2.28 bits per heavy atom. The van der Waals surface area contributed by atoms with Crippen LogP contribution in [0.3, 0.4) is 0 Å². The first-order valence-corrected chi connectivity index (χ1v) is 5.28. The van der Waals surface area contributed by atoms with E-state index in [1.165, 1.54) is 10.7 Å². The van der Waals surface area contributed by atoms with E-state index < -0.39 is 0 Å². The van der Waals surface area contributed by atoms with E-state index in [1.54, 1.807) is 20.0 Å². The van der Waals surface area contributed by atoms with E-state index in [0.717, 1.165) is 5.56 Å². The van der Waals surface area contributed by atoms with Crippen LogP contribution >= 0.6 is 0 Å². The number of nitro benzene ring substituents is 1. The molecule has 1 heterocycles. The Balaban J connectivity index is 2.17. The third-order valence-corrected chi connectivity index (χ3v) is 2.67. The van der Waals surface area contributed by atoms with Crippen LogP contribution in [0, 0.1) is 17.0 Å². The lowest BCUT2D eigenvalue weighted by Crippen LogP contribution is -2.07. The van der Waals surface area contributed by atoms with Gasteiger partial charge in [-0.05, 0) is 22.9 Å². The predicted octanol–water partition coefficient (Wildman–Crippen LogP) is 1.04. The molecule has 8 nitrogen and oxygen atoms in total. The minimum absolute atomic E-state index is 0.116. The summed E-state index contributed by atoms with van der Waals surface area (Å²) in [6.07, 6.45) is 0. The molecule has 0 aliphatic heterocycles. The molecule has 0 unspecified atom stereocenters. The number of rotatable bonds is 4. The third-order valence-electron chi connectivity index (χ3n) is 2.67. The van der Waals surface area contributed by atoms with Gasteiger partial charge >= 0.3 is 0 Å². The molecule has 2 aromatic rings. The molecule has 0 amide bonds. The van der Waals surface area contributed by atoms with Gasteiger partial charge in [-0.25, -0.2) is 4.68 Å². The normalized spacial score (nSPS) is 10.3. The smallest absolute Gasteiger partial charge is 0.272 e. The first-order chi connectivity index (χ1) is 8.59. The number of nitro groups is 1. The molecular weight excluding hydrogens is 236 g/mol. The molecule has 0 fully saturated rings. The minimum Gasteiger partial charge on any atom is -0.349 e. The average Bonchev–Trinajstić information content (AvgIpc) is 2.73. The first-order valence-electron chi connectivity index (χ1n) is 5.28. The van der Waals surface area contributed by atoms with Gasteiger partial charge in [-0.15, -0.1) is 0 Å². The summed E-state index contributed by atoms with van der Waals surface area (Å²) >= 11 is 0. The van der Waals surface area contributed by atoms with Crippen molar-refractivity contribution < 1.29 is 4.92 Å². The van der Waals surface area contributed by atoms with Gasteiger partial charge in [0.25, 0.3) is 5.69 Å². The lowest BCUT2D eigenvalue weighted by molar-refractivity contribution is -0.385. The number of nitrogens with one attached hydrogen (secondary N) is 1. The summed E-state index contributed by atoms with van der Waals surface area (Å²) in [6, 6.07) is 4.99. The standard InChI is InChI=1S/C10H12N6O2/c1-7-8(4-3-5-9(7)16(17)18)6-11-10-12-13-14-15(10)2/h3-5H,6H2,1-2H3,(H,11,12,14). The lowest BCUT2D eigenvalue weighted by atomic mass is 10.1. The van der Waals surface area contributed by atoms with Crippen LogP contribution in [0.25, 0.3) is 0 Å². The number of hydrogen-bond acceptors (Lipinski definition) is 6. The molecule has 8 heteroatoms. The fraction of sp³-hybridized carbons (Fsp3) is 0.300. The molecule has 0 atom stereocenters. The lowest BCUT2D eigenvalue weighted by Gasteiger charge is -2.07.